The molecule has 1 aromatic carbocycles. The average molecular weight is 502 g/mol. The molecule has 27 heavy (non-hydrogen) atoms. The van der Waals surface area contributed by atoms with Crippen LogP contribution < -0.4 is 10.6 Å². The Morgan fingerprint density at radius 2 is 1.96 bits per heavy atom. The second-order valence-corrected chi connectivity index (χ2v) is 7.72. The summed E-state index contributed by atoms with van der Waals surface area (Å²) in [5.74, 6) is 1.22. The van der Waals surface area contributed by atoms with Crippen LogP contribution in [0.4, 0.5) is 0 Å². The normalized spacial score (nSPS) is 12.4. The summed E-state index contributed by atoms with van der Waals surface area (Å²) in [6, 6.07) is 10.3. The largest absolute Gasteiger partial charge is 0.376 e. The van der Waals surface area contributed by atoms with Crippen LogP contribution in [0.5, 0.6) is 0 Å². The van der Waals surface area contributed by atoms with Gasteiger partial charge in [-0.15, -0.1) is 35.3 Å². The summed E-state index contributed by atoms with van der Waals surface area (Å²) in [6.07, 6.45) is 0. The van der Waals surface area contributed by atoms with Crippen molar-refractivity contribution in [3.8, 4) is 0 Å². The highest BCUT2D eigenvalue weighted by molar-refractivity contribution is 14.0. The molecule has 1 atom stereocenters. The van der Waals surface area contributed by atoms with Gasteiger partial charge in [0.1, 0.15) is 5.01 Å². The number of aliphatic imine (C=N–C) groups is 1. The maximum Gasteiger partial charge on any atom is 0.191 e. The second-order valence-electron chi connectivity index (χ2n) is 6.43. The fourth-order valence-corrected chi connectivity index (χ4v) is 3.24. The van der Waals surface area contributed by atoms with Crippen LogP contribution in [0.1, 0.15) is 35.0 Å². The van der Waals surface area contributed by atoms with Gasteiger partial charge in [-0.3, -0.25) is 0 Å². The van der Waals surface area contributed by atoms with Gasteiger partial charge in [-0.1, -0.05) is 37.3 Å². The monoisotopic (exact) mass is 502 g/mol. The zero-order valence-corrected chi connectivity index (χ0v) is 19.8. The molecule has 2 aromatic rings. The Morgan fingerprint density at radius 3 is 2.59 bits per heavy atom. The van der Waals surface area contributed by atoms with Gasteiger partial charge in [0, 0.05) is 18.0 Å². The maximum absolute atomic E-state index is 5.81. The summed E-state index contributed by atoms with van der Waals surface area (Å²) in [5.41, 5.74) is 2.30. The van der Waals surface area contributed by atoms with E-state index in [4.69, 9.17) is 4.74 Å². The first-order chi connectivity index (χ1) is 12.6. The maximum atomic E-state index is 5.81. The van der Waals surface area contributed by atoms with Gasteiger partial charge in [0.05, 0.1) is 25.5 Å². The Kier molecular flexibility index (Phi) is 11.5. The molecule has 0 fully saturated rings. The highest BCUT2D eigenvalue weighted by atomic mass is 127. The Balaban J connectivity index is 0.00000364. The van der Waals surface area contributed by atoms with Crippen molar-refractivity contribution in [2.75, 3.05) is 19.7 Å². The first kappa shape index (κ1) is 23.8. The van der Waals surface area contributed by atoms with Gasteiger partial charge in [0.2, 0.25) is 0 Å². The van der Waals surface area contributed by atoms with E-state index in [0.717, 1.165) is 29.8 Å². The number of hydrogen-bond donors (Lipinski definition) is 2. The molecule has 1 heterocycles. The average Bonchev–Trinajstić information content (AvgIpc) is 2.96. The minimum Gasteiger partial charge on any atom is -0.376 e. The van der Waals surface area contributed by atoms with Crippen molar-refractivity contribution in [1.29, 1.82) is 0 Å². The first-order valence-electron chi connectivity index (χ1n) is 9.15. The Hall–Kier alpha value is -1.19. The number of thiazole rings is 1. The molecule has 0 amide bonds. The van der Waals surface area contributed by atoms with Crippen LogP contribution >= 0.6 is 35.3 Å². The number of benzene rings is 1. The lowest BCUT2D eigenvalue weighted by molar-refractivity contribution is 0.0931. The quantitative estimate of drug-likeness (QED) is 0.305. The van der Waals surface area contributed by atoms with Crippen LogP contribution in [0.15, 0.2) is 35.3 Å². The summed E-state index contributed by atoms with van der Waals surface area (Å²) < 4.78 is 5.81. The van der Waals surface area contributed by atoms with Gasteiger partial charge in [-0.2, -0.15) is 0 Å². The van der Waals surface area contributed by atoms with Crippen LogP contribution in [0.25, 0.3) is 0 Å². The molecule has 1 aromatic heterocycles. The van der Waals surface area contributed by atoms with Crippen LogP contribution in [0.2, 0.25) is 0 Å². The molecule has 0 bridgehead atoms. The molecule has 0 radical (unpaired) electrons. The van der Waals surface area contributed by atoms with E-state index < -0.39 is 0 Å². The molecule has 2 N–H and O–H groups in total. The zero-order valence-electron chi connectivity index (χ0n) is 16.6. The molecule has 0 saturated carbocycles. The van der Waals surface area contributed by atoms with Gasteiger partial charge < -0.3 is 15.4 Å². The molecule has 150 valence electrons. The van der Waals surface area contributed by atoms with Crippen molar-refractivity contribution in [2.45, 2.75) is 40.8 Å². The van der Waals surface area contributed by atoms with E-state index in [9.17, 15) is 0 Å². The molecule has 0 aliphatic rings. The third kappa shape index (κ3) is 9.03. The van der Waals surface area contributed by atoms with E-state index in [1.165, 1.54) is 10.4 Å². The van der Waals surface area contributed by atoms with Gasteiger partial charge >= 0.3 is 0 Å². The lowest BCUT2D eigenvalue weighted by atomic mass is 10.2. The zero-order chi connectivity index (χ0) is 18.8. The Labute approximate surface area is 184 Å². The highest BCUT2D eigenvalue weighted by Gasteiger charge is 2.06. The number of aryl methyl sites for hydroxylation is 2. The Morgan fingerprint density at radius 1 is 1.22 bits per heavy atom. The van der Waals surface area contributed by atoms with E-state index in [0.29, 0.717) is 25.7 Å². The second kappa shape index (κ2) is 13.1. The number of nitrogens with zero attached hydrogens (tertiary/aromatic N) is 2. The van der Waals surface area contributed by atoms with E-state index in [1.807, 2.05) is 25.1 Å². The lowest BCUT2D eigenvalue weighted by Crippen LogP contribution is -2.40. The van der Waals surface area contributed by atoms with E-state index in [1.54, 1.807) is 11.3 Å². The standard InChI is InChI=1S/C20H30N4OS.HI/c1-5-21-20(23-12-19-24-16(3)17(4)26-19)22-11-15(2)13-25-14-18-9-7-6-8-10-18;/h6-10,15H,5,11-14H2,1-4H3,(H2,21,22,23);1H. The summed E-state index contributed by atoms with van der Waals surface area (Å²) in [6.45, 7) is 12.0. The van der Waals surface area contributed by atoms with E-state index >= 15 is 0 Å². The van der Waals surface area contributed by atoms with Gasteiger partial charge in [-0.25, -0.2) is 9.98 Å². The number of ether oxygens (including phenoxy) is 1. The highest BCUT2D eigenvalue weighted by Crippen LogP contribution is 2.16. The molecular formula is C20H31IN4OS. The van der Waals surface area contributed by atoms with Gasteiger partial charge in [0.15, 0.2) is 5.96 Å². The van der Waals surface area contributed by atoms with Gasteiger partial charge in [-0.05, 0) is 32.3 Å². The van der Waals surface area contributed by atoms with Crippen LogP contribution in [0, 0.1) is 19.8 Å². The molecule has 2 rings (SSSR count). The third-order valence-electron chi connectivity index (χ3n) is 3.92. The van der Waals surface area contributed by atoms with E-state index in [2.05, 4.69) is 53.5 Å². The summed E-state index contributed by atoms with van der Waals surface area (Å²) >= 11 is 1.71. The molecular weight excluding hydrogens is 471 g/mol. The van der Waals surface area contributed by atoms with Gasteiger partial charge in [0.25, 0.3) is 0 Å². The summed E-state index contributed by atoms with van der Waals surface area (Å²) in [4.78, 5) is 10.4. The van der Waals surface area contributed by atoms with Crippen molar-refractivity contribution < 1.29 is 4.74 Å². The van der Waals surface area contributed by atoms with Crippen molar-refractivity contribution in [1.82, 2.24) is 15.6 Å². The molecule has 0 spiro atoms. The predicted molar refractivity (Wildman–Crippen MR) is 125 cm³/mol. The van der Waals surface area contributed by atoms with Crippen LogP contribution in [0.3, 0.4) is 0 Å². The number of guanidine groups is 1. The molecule has 0 aliphatic carbocycles. The van der Waals surface area contributed by atoms with Crippen molar-refractivity contribution in [2.24, 2.45) is 10.9 Å². The minimum absolute atomic E-state index is 0. The number of nitrogens with one attached hydrogen (secondary N) is 2. The Bertz CT molecular complexity index is 671. The number of aromatic nitrogens is 1. The van der Waals surface area contributed by atoms with Crippen molar-refractivity contribution in [3.05, 3.63) is 51.5 Å². The molecule has 7 heteroatoms. The molecule has 1 unspecified atom stereocenters. The molecule has 5 nitrogen and oxygen atoms in total. The summed E-state index contributed by atoms with van der Waals surface area (Å²) in [5, 5.41) is 7.74. The molecule has 0 aliphatic heterocycles. The fraction of sp³-hybridized carbons (Fsp3) is 0.500. The fourth-order valence-electron chi connectivity index (χ4n) is 2.38. The third-order valence-corrected chi connectivity index (χ3v) is 4.98. The minimum atomic E-state index is 0. The smallest absolute Gasteiger partial charge is 0.191 e. The number of halogens is 1. The summed E-state index contributed by atoms with van der Waals surface area (Å²) in [7, 11) is 0. The lowest BCUT2D eigenvalue weighted by Gasteiger charge is -2.16. The first-order valence-corrected chi connectivity index (χ1v) is 9.96. The van der Waals surface area contributed by atoms with Crippen LogP contribution in [-0.2, 0) is 17.9 Å². The van der Waals surface area contributed by atoms with Crippen molar-refractivity contribution >= 4 is 41.3 Å². The van der Waals surface area contributed by atoms with E-state index in [-0.39, 0.29) is 24.0 Å². The molecule has 0 saturated heterocycles. The SMILES string of the molecule is CCNC(=NCc1nc(C)c(C)s1)NCC(C)COCc1ccccc1.I. The number of hydrogen-bond acceptors (Lipinski definition) is 4. The van der Waals surface area contributed by atoms with Crippen molar-refractivity contribution in [3.63, 3.8) is 0 Å². The number of rotatable bonds is 9. The predicted octanol–water partition coefficient (Wildman–Crippen LogP) is 4.29. The van der Waals surface area contributed by atoms with Crippen LogP contribution in [-0.4, -0.2) is 30.6 Å². The topological polar surface area (TPSA) is 58.5 Å².